The predicted octanol–water partition coefficient (Wildman–Crippen LogP) is -1.26. The standard InChI is InChI=1S/C26H30O13/c27-9-18-21(32)22(33)24(39-25-23(34)20(31)15(30)10-35-25)26(38-18)36-12-6-13(28)19-14(29)8-16(37-17(19)7-12)11-4-2-1-3-5-11/h1-7,15-16,18,20-28,30-34H,8-10H2/t15-,16?,18+,20-,21+,22-,23+,24+,25-,26+/m0/s1. The lowest BCUT2D eigenvalue weighted by Gasteiger charge is -2.44. The van der Waals surface area contributed by atoms with Gasteiger partial charge in [0.25, 0.3) is 0 Å². The van der Waals surface area contributed by atoms with E-state index in [0.29, 0.717) is 0 Å². The number of carbonyl (C=O) groups excluding carboxylic acids is 1. The van der Waals surface area contributed by atoms with Crippen LogP contribution in [0.1, 0.15) is 28.4 Å². The van der Waals surface area contributed by atoms with E-state index in [-0.39, 0.29) is 35.9 Å². The van der Waals surface area contributed by atoms with E-state index >= 15 is 0 Å². The van der Waals surface area contributed by atoms with Crippen molar-refractivity contribution >= 4 is 5.78 Å². The molecule has 3 heterocycles. The molecule has 212 valence electrons. The maximum atomic E-state index is 12.8. The molecule has 2 aromatic carbocycles. The molecule has 13 heteroatoms. The van der Waals surface area contributed by atoms with Crippen molar-refractivity contribution in [3.63, 3.8) is 0 Å². The first-order valence-electron chi connectivity index (χ1n) is 12.4. The number of carbonyl (C=O) groups is 1. The molecular formula is C26H30O13. The number of fused-ring (bicyclic) bond motifs is 1. The zero-order valence-corrected chi connectivity index (χ0v) is 20.5. The number of hydrogen-bond donors (Lipinski definition) is 7. The van der Waals surface area contributed by atoms with E-state index in [0.717, 1.165) is 11.6 Å². The molecule has 3 aliphatic rings. The van der Waals surface area contributed by atoms with Crippen molar-refractivity contribution < 1.29 is 64.2 Å². The van der Waals surface area contributed by atoms with Gasteiger partial charge in [-0.3, -0.25) is 4.79 Å². The van der Waals surface area contributed by atoms with E-state index in [1.807, 2.05) is 6.07 Å². The van der Waals surface area contributed by atoms with Gasteiger partial charge in [-0.25, -0.2) is 0 Å². The average Bonchev–Trinajstić information content (AvgIpc) is 2.92. The van der Waals surface area contributed by atoms with Gasteiger partial charge in [-0.15, -0.1) is 0 Å². The molecule has 0 spiro atoms. The molecule has 0 aromatic heterocycles. The SMILES string of the molecule is O=C1CC(c2ccccc2)Oc2cc(O[C@@H]3O[C@H](CO)[C@@H](O)[C@H](O)[C@H]3O[C@@H]3OC[C@H](O)[C@H](O)[C@H]3O)cc(O)c21. The minimum absolute atomic E-state index is 0.0128. The lowest BCUT2D eigenvalue weighted by atomic mass is 9.95. The Morgan fingerprint density at radius 3 is 2.38 bits per heavy atom. The summed E-state index contributed by atoms with van der Waals surface area (Å²) >= 11 is 0. The summed E-state index contributed by atoms with van der Waals surface area (Å²) in [5.74, 6) is -0.778. The summed E-state index contributed by atoms with van der Waals surface area (Å²) in [6, 6.07) is 11.5. The highest BCUT2D eigenvalue weighted by Gasteiger charge is 2.50. The molecule has 2 saturated heterocycles. The number of hydrogen-bond acceptors (Lipinski definition) is 13. The summed E-state index contributed by atoms with van der Waals surface area (Å²) in [6.45, 7) is -1.07. The van der Waals surface area contributed by atoms with Crippen molar-refractivity contribution in [2.75, 3.05) is 13.2 Å². The summed E-state index contributed by atoms with van der Waals surface area (Å²) in [7, 11) is 0. The topological polar surface area (TPSA) is 205 Å². The predicted molar refractivity (Wildman–Crippen MR) is 128 cm³/mol. The van der Waals surface area contributed by atoms with Gasteiger partial charge in [0.1, 0.15) is 65.5 Å². The van der Waals surface area contributed by atoms with Gasteiger partial charge in [-0.2, -0.15) is 0 Å². The van der Waals surface area contributed by atoms with Crippen molar-refractivity contribution in [1.82, 2.24) is 0 Å². The molecule has 0 bridgehead atoms. The number of ether oxygens (including phenoxy) is 5. The van der Waals surface area contributed by atoms with Crippen molar-refractivity contribution in [2.24, 2.45) is 0 Å². The van der Waals surface area contributed by atoms with Crippen LogP contribution in [0.2, 0.25) is 0 Å². The van der Waals surface area contributed by atoms with Crippen LogP contribution in [0.5, 0.6) is 17.2 Å². The van der Waals surface area contributed by atoms with Crippen LogP contribution in [0, 0.1) is 0 Å². The molecule has 7 N–H and O–H groups in total. The Morgan fingerprint density at radius 2 is 1.67 bits per heavy atom. The van der Waals surface area contributed by atoms with E-state index in [1.165, 1.54) is 6.07 Å². The molecule has 0 saturated carbocycles. The van der Waals surface area contributed by atoms with Crippen molar-refractivity contribution in [3.8, 4) is 17.2 Å². The quantitative estimate of drug-likeness (QED) is 0.225. The van der Waals surface area contributed by atoms with Crippen molar-refractivity contribution in [3.05, 3.63) is 53.6 Å². The van der Waals surface area contributed by atoms with Gasteiger partial charge in [0.2, 0.25) is 6.29 Å². The Kier molecular flexibility index (Phi) is 8.05. The Hall–Kier alpha value is -2.85. The molecule has 0 amide bonds. The highest BCUT2D eigenvalue weighted by Crippen LogP contribution is 2.42. The van der Waals surface area contributed by atoms with Crippen LogP contribution in [0.15, 0.2) is 42.5 Å². The van der Waals surface area contributed by atoms with Crippen molar-refractivity contribution in [2.45, 2.75) is 67.8 Å². The molecule has 0 radical (unpaired) electrons. The number of benzene rings is 2. The molecule has 0 aliphatic carbocycles. The average molecular weight is 551 g/mol. The molecular weight excluding hydrogens is 520 g/mol. The van der Waals surface area contributed by atoms with Crippen LogP contribution in [0.3, 0.4) is 0 Å². The molecule has 10 atom stereocenters. The molecule has 3 aliphatic heterocycles. The van der Waals surface area contributed by atoms with E-state index in [2.05, 4.69) is 0 Å². The Balaban J connectivity index is 1.41. The van der Waals surface area contributed by atoms with Gasteiger partial charge in [0.05, 0.1) is 19.6 Å². The lowest BCUT2D eigenvalue weighted by molar-refractivity contribution is -0.344. The second-order valence-electron chi connectivity index (χ2n) is 9.64. The highest BCUT2D eigenvalue weighted by atomic mass is 16.8. The third kappa shape index (κ3) is 5.45. The van der Waals surface area contributed by atoms with Crippen LogP contribution < -0.4 is 9.47 Å². The second-order valence-corrected chi connectivity index (χ2v) is 9.64. The minimum Gasteiger partial charge on any atom is -0.507 e. The highest BCUT2D eigenvalue weighted by molar-refractivity contribution is 6.02. The molecule has 13 nitrogen and oxygen atoms in total. The fraction of sp³-hybridized carbons (Fsp3) is 0.500. The third-order valence-corrected chi connectivity index (χ3v) is 6.97. The van der Waals surface area contributed by atoms with E-state index in [4.69, 9.17) is 23.7 Å². The van der Waals surface area contributed by atoms with E-state index < -0.39 is 73.8 Å². The zero-order chi connectivity index (χ0) is 27.8. The Labute approximate surface area is 222 Å². The first-order chi connectivity index (χ1) is 18.7. The van der Waals surface area contributed by atoms with Gasteiger partial charge in [-0.1, -0.05) is 30.3 Å². The minimum atomic E-state index is -1.72. The van der Waals surface area contributed by atoms with Gasteiger partial charge in [0, 0.05) is 12.1 Å². The Bertz CT molecular complexity index is 1160. The summed E-state index contributed by atoms with van der Waals surface area (Å²) in [5, 5.41) is 71.3. The monoisotopic (exact) mass is 550 g/mol. The van der Waals surface area contributed by atoms with Crippen LogP contribution in [-0.2, 0) is 14.2 Å². The maximum Gasteiger partial charge on any atom is 0.229 e. The van der Waals surface area contributed by atoms with Crippen molar-refractivity contribution in [1.29, 1.82) is 0 Å². The largest absolute Gasteiger partial charge is 0.507 e. The normalized spacial score (nSPS) is 36.6. The summed E-state index contributed by atoms with van der Waals surface area (Å²) < 4.78 is 28.3. The fourth-order valence-electron chi connectivity index (χ4n) is 4.82. The van der Waals surface area contributed by atoms with Gasteiger partial charge in [-0.05, 0) is 5.56 Å². The van der Waals surface area contributed by atoms with Gasteiger partial charge in [0.15, 0.2) is 18.2 Å². The summed E-state index contributed by atoms with van der Waals surface area (Å²) in [5.41, 5.74) is 0.731. The fourth-order valence-corrected chi connectivity index (χ4v) is 4.82. The number of ketones is 1. The van der Waals surface area contributed by atoms with Gasteiger partial charge < -0.3 is 59.4 Å². The number of aliphatic hydroxyl groups excluding tert-OH is 6. The summed E-state index contributed by atoms with van der Waals surface area (Å²) in [6.07, 6.45) is -14.5. The summed E-state index contributed by atoms with van der Waals surface area (Å²) in [4.78, 5) is 12.8. The van der Waals surface area contributed by atoms with Crippen LogP contribution in [0.25, 0.3) is 0 Å². The first kappa shape index (κ1) is 27.7. The van der Waals surface area contributed by atoms with Crippen LogP contribution in [0.4, 0.5) is 0 Å². The van der Waals surface area contributed by atoms with Crippen LogP contribution >= 0.6 is 0 Å². The van der Waals surface area contributed by atoms with E-state index in [1.54, 1.807) is 24.3 Å². The number of phenols is 1. The Morgan fingerprint density at radius 1 is 0.923 bits per heavy atom. The molecule has 2 aromatic rings. The van der Waals surface area contributed by atoms with E-state index in [9.17, 15) is 40.5 Å². The number of phenolic OH excluding ortho intramolecular Hbond substituents is 1. The van der Waals surface area contributed by atoms with Crippen LogP contribution in [-0.4, -0.2) is 110 Å². The number of aliphatic hydroxyl groups is 6. The molecule has 5 rings (SSSR count). The smallest absolute Gasteiger partial charge is 0.229 e. The molecule has 39 heavy (non-hydrogen) atoms. The van der Waals surface area contributed by atoms with Gasteiger partial charge >= 0.3 is 0 Å². The molecule has 1 unspecified atom stereocenters. The number of aromatic hydroxyl groups is 1. The maximum absolute atomic E-state index is 12.8. The zero-order valence-electron chi connectivity index (χ0n) is 20.5. The number of Topliss-reactive ketones (excluding diaryl/α,β-unsaturated/α-hetero) is 1. The number of rotatable bonds is 6. The third-order valence-electron chi connectivity index (χ3n) is 6.97. The first-order valence-corrected chi connectivity index (χ1v) is 12.4. The second kappa shape index (κ2) is 11.3. The molecule has 2 fully saturated rings. The lowest BCUT2D eigenvalue weighted by Crippen LogP contribution is -2.63.